The van der Waals surface area contributed by atoms with Crippen LogP contribution in [-0.4, -0.2) is 29.8 Å². The van der Waals surface area contributed by atoms with Crippen LogP contribution in [0.5, 0.6) is 0 Å². The molecular formula is C26H41N3S. The lowest BCUT2D eigenvalue weighted by atomic mass is 9.85. The molecule has 1 aliphatic rings. The van der Waals surface area contributed by atoms with Crippen LogP contribution < -0.4 is 11.1 Å². The highest BCUT2D eigenvalue weighted by Gasteiger charge is 2.34. The van der Waals surface area contributed by atoms with Gasteiger partial charge in [-0.3, -0.25) is 0 Å². The van der Waals surface area contributed by atoms with Crippen LogP contribution in [0.1, 0.15) is 71.6 Å². The van der Waals surface area contributed by atoms with Crippen molar-refractivity contribution in [2.75, 3.05) is 12.8 Å². The summed E-state index contributed by atoms with van der Waals surface area (Å²) < 4.78 is 0. The van der Waals surface area contributed by atoms with Gasteiger partial charge in [0.2, 0.25) is 0 Å². The van der Waals surface area contributed by atoms with E-state index in [2.05, 4.69) is 95.4 Å². The van der Waals surface area contributed by atoms with Crippen LogP contribution in [0.25, 0.3) is 4.91 Å². The molecule has 3 N–H and O–H groups in total. The minimum absolute atomic E-state index is 0.00502. The van der Waals surface area contributed by atoms with Crippen molar-refractivity contribution in [2.45, 2.75) is 72.5 Å². The van der Waals surface area contributed by atoms with Crippen molar-refractivity contribution in [2.24, 2.45) is 11.1 Å². The zero-order valence-electron chi connectivity index (χ0n) is 20.0. The molecule has 1 heterocycles. The van der Waals surface area contributed by atoms with Gasteiger partial charge < -0.3 is 16.0 Å². The molecule has 0 spiro atoms. The van der Waals surface area contributed by atoms with Crippen LogP contribution in [0.4, 0.5) is 0 Å². The fraction of sp³-hybridized carbons (Fsp3) is 0.538. The first-order valence-corrected chi connectivity index (χ1v) is 12.2. The van der Waals surface area contributed by atoms with E-state index in [1.807, 2.05) is 0 Å². The van der Waals surface area contributed by atoms with Gasteiger partial charge in [-0.25, -0.2) is 0 Å². The van der Waals surface area contributed by atoms with E-state index in [0.29, 0.717) is 0 Å². The zero-order chi connectivity index (χ0) is 22.6. The molecule has 1 aromatic rings. The number of likely N-dealkylation sites (tertiary alicyclic amines) is 1. The third kappa shape index (κ3) is 5.73. The Hall–Kier alpha value is -1.65. The Kier molecular flexibility index (Phi) is 8.29. The molecule has 0 saturated carbocycles. The normalized spacial score (nSPS) is 18.7. The lowest BCUT2D eigenvalue weighted by molar-refractivity contribution is 0.257. The van der Waals surface area contributed by atoms with Crippen LogP contribution in [0.15, 0.2) is 54.4 Å². The van der Waals surface area contributed by atoms with Crippen molar-refractivity contribution in [1.29, 1.82) is 0 Å². The molecule has 1 fully saturated rings. The first-order valence-electron chi connectivity index (χ1n) is 11.0. The molecule has 1 aromatic carbocycles. The van der Waals surface area contributed by atoms with E-state index in [1.54, 1.807) is 11.8 Å². The number of rotatable bonds is 8. The maximum absolute atomic E-state index is 6.50. The van der Waals surface area contributed by atoms with E-state index in [9.17, 15) is 0 Å². The van der Waals surface area contributed by atoms with Gasteiger partial charge in [0.25, 0.3) is 0 Å². The van der Waals surface area contributed by atoms with Crippen molar-refractivity contribution < 1.29 is 0 Å². The van der Waals surface area contributed by atoms with E-state index in [0.717, 1.165) is 30.8 Å². The molecule has 0 aliphatic carbocycles. The molecule has 4 heteroatoms. The second kappa shape index (κ2) is 10.1. The van der Waals surface area contributed by atoms with Gasteiger partial charge in [-0.05, 0) is 56.4 Å². The van der Waals surface area contributed by atoms with Crippen LogP contribution in [0.2, 0.25) is 0 Å². The monoisotopic (exact) mass is 427 g/mol. The van der Waals surface area contributed by atoms with Gasteiger partial charge >= 0.3 is 0 Å². The highest BCUT2D eigenvalue weighted by Crippen LogP contribution is 2.33. The number of nitrogens with zero attached hydrogens (tertiary/aromatic N) is 1. The van der Waals surface area contributed by atoms with Gasteiger partial charge in [0.1, 0.15) is 0 Å². The molecule has 30 heavy (non-hydrogen) atoms. The topological polar surface area (TPSA) is 41.3 Å². The second-order valence-electron chi connectivity index (χ2n) is 9.73. The Bertz CT molecular complexity index is 781. The van der Waals surface area contributed by atoms with E-state index < -0.39 is 0 Å². The molecular weight excluding hydrogens is 386 g/mol. The Labute approximate surface area is 188 Å². The van der Waals surface area contributed by atoms with Crippen LogP contribution >= 0.6 is 11.8 Å². The molecule has 3 nitrogen and oxygen atoms in total. The van der Waals surface area contributed by atoms with E-state index >= 15 is 0 Å². The third-order valence-electron chi connectivity index (χ3n) is 6.05. The van der Waals surface area contributed by atoms with Gasteiger partial charge in [0.15, 0.2) is 0 Å². The average Bonchev–Trinajstić information content (AvgIpc) is 3.16. The standard InChI is InChI=1S/C26H41N3S/c1-17(2)24(30-9)22-14-12-21(13-15-22)18(3)28-19(4)23-11-10-16-29(23)20(5)25(27)26(6,7)8/h12-15,18,23,25,28H,4-5,10-11,16,27H2,1-3,6-9H3. The summed E-state index contributed by atoms with van der Waals surface area (Å²) in [4.78, 5) is 3.71. The maximum atomic E-state index is 6.50. The fourth-order valence-corrected chi connectivity index (χ4v) is 4.92. The van der Waals surface area contributed by atoms with Crippen molar-refractivity contribution in [3.63, 3.8) is 0 Å². The minimum atomic E-state index is -0.0587. The Morgan fingerprint density at radius 1 is 1.20 bits per heavy atom. The minimum Gasteiger partial charge on any atom is -0.381 e. The molecule has 1 saturated heterocycles. The second-order valence-corrected chi connectivity index (χ2v) is 10.5. The smallest absolute Gasteiger partial charge is 0.0680 e. The van der Waals surface area contributed by atoms with Crippen LogP contribution in [0, 0.1) is 5.41 Å². The van der Waals surface area contributed by atoms with Gasteiger partial charge in [0, 0.05) is 34.9 Å². The molecule has 166 valence electrons. The number of hydrogen-bond acceptors (Lipinski definition) is 4. The van der Waals surface area contributed by atoms with E-state index in [-0.39, 0.29) is 23.5 Å². The molecule has 3 atom stereocenters. The van der Waals surface area contributed by atoms with E-state index in [1.165, 1.54) is 21.6 Å². The Morgan fingerprint density at radius 2 is 1.80 bits per heavy atom. The van der Waals surface area contributed by atoms with Gasteiger partial charge in [-0.15, -0.1) is 11.8 Å². The zero-order valence-corrected chi connectivity index (χ0v) is 20.8. The lowest BCUT2D eigenvalue weighted by Gasteiger charge is -2.38. The van der Waals surface area contributed by atoms with Crippen LogP contribution in [-0.2, 0) is 0 Å². The Balaban J connectivity index is 2.08. The molecule has 0 radical (unpaired) electrons. The fourth-order valence-electron chi connectivity index (χ4n) is 4.14. The van der Waals surface area contributed by atoms with E-state index in [4.69, 9.17) is 5.73 Å². The molecule has 2 rings (SSSR count). The number of benzene rings is 1. The summed E-state index contributed by atoms with van der Waals surface area (Å²) >= 11 is 1.81. The maximum Gasteiger partial charge on any atom is 0.0680 e. The number of allylic oxidation sites excluding steroid dienone is 1. The predicted molar refractivity (Wildman–Crippen MR) is 135 cm³/mol. The summed E-state index contributed by atoms with van der Waals surface area (Å²) in [5.41, 5.74) is 12.5. The van der Waals surface area contributed by atoms with Gasteiger partial charge in [0.05, 0.1) is 6.04 Å². The third-order valence-corrected chi connectivity index (χ3v) is 7.10. The summed E-state index contributed by atoms with van der Waals surface area (Å²) in [5.74, 6) is 0. The average molecular weight is 428 g/mol. The van der Waals surface area contributed by atoms with Crippen molar-refractivity contribution in [3.05, 3.63) is 65.5 Å². The van der Waals surface area contributed by atoms with Crippen molar-refractivity contribution >= 4 is 16.7 Å². The number of hydrogen-bond donors (Lipinski definition) is 2. The molecule has 0 amide bonds. The summed E-state index contributed by atoms with van der Waals surface area (Å²) in [6.07, 6.45) is 4.37. The van der Waals surface area contributed by atoms with Crippen molar-refractivity contribution in [1.82, 2.24) is 10.2 Å². The summed E-state index contributed by atoms with van der Waals surface area (Å²) in [7, 11) is 0. The number of nitrogens with two attached hydrogens (primary N) is 1. The highest BCUT2D eigenvalue weighted by molar-refractivity contribution is 8.07. The number of nitrogens with one attached hydrogen (secondary N) is 1. The summed E-state index contributed by atoms with van der Waals surface area (Å²) in [6, 6.07) is 9.28. The van der Waals surface area contributed by atoms with Gasteiger partial charge in [-0.2, -0.15) is 0 Å². The SMILES string of the molecule is C=C(NC(C)c1ccc(C(SC)=C(C)C)cc1)C1CCCN1C(=C)C(N)C(C)(C)C. The highest BCUT2D eigenvalue weighted by atomic mass is 32.2. The molecule has 1 aliphatic heterocycles. The van der Waals surface area contributed by atoms with Gasteiger partial charge in [-0.1, -0.05) is 63.8 Å². The first kappa shape index (κ1) is 24.6. The van der Waals surface area contributed by atoms with Crippen molar-refractivity contribution in [3.8, 4) is 0 Å². The molecule has 0 aromatic heterocycles. The Morgan fingerprint density at radius 3 is 2.30 bits per heavy atom. The van der Waals surface area contributed by atoms with Crippen LogP contribution in [0.3, 0.4) is 0 Å². The molecule has 0 bridgehead atoms. The number of thioether (sulfide) groups is 1. The first-order chi connectivity index (χ1) is 14.0. The largest absolute Gasteiger partial charge is 0.381 e. The predicted octanol–water partition coefficient (Wildman–Crippen LogP) is 6.32. The quantitative estimate of drug-likeness (QED) is 0.509. The summed E-state index contributed by atoms with van der Waals surface area (Å²) in [5, 5.41) is 3.65. The molecule has 3 unspecified atom stereocenters. The lowest BCUT2D eigenvalue weighted by Crippen LogP contribution is -2.46. The summed E-state index contributed by atoms with van der Waals surface area (Å²) in [6.45, 7) is 22.8.